The zero-order valence-corrected chi connectivity index (χ0v) is 18.9. The van der Waals surface area contributed by atoms with Gasteiger partial charge in [0.05, 0.1) is 0 Å². The first-order chi connectivity index (χ1) is 15.0. The lowest BCUT2D eigenvalue weighted by Crippen LogP contribution is -2.52. The molecule has 166 valence electrons. The molecule has 2 aromatic rings. The van der Waals surface area contributed by atoms with Crippen molar-refractivity contribution in [3.8, 4) is 5.75 Å². The van der Waals surface area contributed by atoms with Crippen LogP contribution in [0.1, 0.15) is 43.2 Å². The number of hydrogen-bond donors (Lipinski definition) is 1. The van der Waals surface area contributed by atoms with E-state index in [0.717, 1.165) is 44.3 Å². The fourth-order valence-corrected chi connectivity index (χ4v) is 5.51. The molecule has 0 aromatic heterocycles. The molecule has 1 saturated heterocycles. The minimum Gasteiger partial charge on any atom is -0.468 e. The lowest BCUT2D eigenvalue weighted by atomic mass is 9.67. The van der Waals surface area contributed by atoms with Crippen molar-refractivity contribution in [2.75, 3.05) is 28.0 Å². The fraction of sp³-hybridized carbons (Fsp3) is 0.500. The summed E-state index contributed by atoms with van der Waals surface area (Å²) in [6, 6.07) is 18.7. The molecule has 0 bridgehead atoms. The van der Waals surface area contributed by atoms with Crippen molar-refractivity contribution < 1.29 is 14.3 Å². The lowest BCUT2D eigenvalue weighted by molar-refractivity contribution is -0.123. The Morgan fingerprint density at radius 2 is 1.77 bits per heavy atom. The highest BCUT2D eigenvalue weighted by atomic mass is 16.7. The normalized spacial score (nSPS) is 28.1. The highest BCUT2D eigenvalue weighted by molar-refractivity contribution is 5.82. The number of methoxy groups -OCH3 is 1. The van der Waals surface area contributed by atoms with Gasteiger partial charge in [-0.1, -0.05) is 42.5 Å². The monoisotopic (exact) mass is 422 g/mol. The van der Waals surface area contributed by atoms with Gasteiger partial charge >= 0.3 is 0 Å². The molecule has 0 radical (unpaired) electrons. The fourth-order valence-electron chi connectivity index (χ4n) is 5.51. The Morgan fingerprint density at radius 3 is 2.45 bits per heavy atom. The van der Waals surface area contributed by atoms with Crippen LogP contribution in [-0.4, -0.2) is 44.3 Å². The second-order valence-electron chi connectivity index (χ2n) is 9.37. The highest BCUT2D eigenvalue weighted by Gasteiger charge is 2.50. The third-order valence-corrected chi connectivity index (χ3v) is 7.33. The molecule has 2 aliphatic rings. The molecule has 5 nitrogen and oxygen atoms in total. The van der Waals surface area contributed by atoms with E-state index in [0.29, 0.717) is 0 Å². The average molecular weight is 423 g/mol. The molecule has 1 heterocycles. The van der Waals surface area contributed by atoms with Crippen LogP contribution >= 0.6 is 0 Å². The third-order valence-electron chi connectivity index (χ3n) is 7.33. The Hall–Kier alpha value is -2.37. The first-order valence-electron chi connectivity index (χ1n) is 11.2. The SMILES string of the molecule is COCOc1cccc([C@]2(N(C)C)CC[C@@]3(CC2)CC(Cc2ccccc2)C(=O)N3)c1. The van der Waals surface area contributed by atoms with Gasteiger partial charge in [0.1, 0.15) is 5.75 Å². The summed E-state index contributed by atoms with van der Waals surface area (Å²) in [6.45, 7) is 0.246. The van der Waals surface area contributed by atoms with Gasteiger partial charge in [-0.3, -0.25) is 9.69 Å². The largest absolute Gasteiger partial charge is 0.468 e. The van der Waals surface area contributed by atoms with Crippen molar-refractivity contribution in [1.82, 2.24) is 10.2 Å². The van der Waals surface area contributed by atoms with Gasteiger partial charge in [0.15, 0.2) is 6.79 Å². The molecule has 1 unspecified atom stereocenters. The molecular formula is C26H34N2O3. The molecule has 2 aromatic carbocycles. The van der Waals surface area contributed by atoms with Crippen molar-refractivity contribution in [2.45, 2.75) is 49.6 Å². The average Bonchev–Trinajstić information content (AvgIpc) is 3.08. The van der Waals surface area contributed by atoms with Gasteiger partial charge < -0.3 is 14.8 Å². The molecule has 5 heteroatoms. The number of nitrogens with one attached hydrogen (secondary N) is 1. The second kappa shape index (κ2) is 9.01. The molecule has 1 aliphatic heterocycles. The van der Waals surface area contributed by atoms with E-state index in [1.807, 2.05) is 12.1 Å². The predicted octanol–water partition coefficient (Wildman–Crippen LogP) is 4.12. The summed E-state index contributed by atoms with van der Waals surface area (Å²) in [5.41, 5.74) is 2.39. The minimum absolute atomic E-state index is 0.0556. The number of ether oxygens (including phenoxy) is 2. The van der Waals surface area contributed by atoms with Crippen LogP contribution < -0.4 is 10.1 Å². The zero-order valence-electron chi connectivity index (χ0n) is 18.9. The highest BCUT2D eigenvalue weighted by Crippen LogP contribution is 2.48. The predicted molar refractivity (Wildman–Crippen MR) is 122 cm³/mol. The summed E-state index contributed by atoms with van der Waals surface area (Å²) in [6.07, 6.45) is 5.75. The summed E-state index contributed by atoms with van der Waals surface area (Å²) in [5, 5.41) is 3.41. The Labute approximate surface area is 185 Å². The number of carbonyl (C=O) groups is 1. The number of carbonyl (C=O) groups excluding carboxylic acids is 1. The summed E-state index contributed by atoms with van der Waals surface area (Å²) >= 11 is 0. The maximum Gasteiger partial charge on any atom is 0.223 e. The van der Waals surface area contributed by atoms with Crippen LogP contribution in [0.25, 0.3) is 0 Å². The van der Waals surface area contributed by atoms with E-state index in [1.165, 1.54) is 11.1 Å². The zero-order chi connectivity index (χ0) is 21.9. The van der Waals surface area contributed by atoms with Gasteiger partial charge in [-0.15, -0.1) is 0 Å². The summed E-state index contributed by atoms with van der Waals surface area (Å²) in [5.74, 6) is 1.12. The van der Waals surface area contributed by atoms with E-state index >= 15 is 0 Å². The van der Waals surface area contributed by atoms with Crippen LogP contribution in [0.15, 0.2) is 54.6 Å². The van der Waals surface area contributed by atoms with E-state index in [2.05, 4.69) is 66.8 Å². The van der Waals surface area contributed by atoms with Crippen molar-refractivity contribution in [2.24, 2.45) is 5.92 Å². The quantitative estimate of drug-likeness (QED) is 0.682. The molecule has 1 N–H and O–H groups in total. The van der Waals surface area contributed by atoms with Crippen LogP contribution in [0.5, 0.6) is 5.75 Å². The van der Waals surface area contributed by atoms with Gasteiger partial charge in [-0.25, -0.2) is 0 Å². The van der Waals surface area contributed by atoms with Crippen LogP contribution in [0.2, 0.25) is 0 Å². The minimum atomic E-state index is -0.0692. The number of benzene rings is 2. The van der Waals surface area contributed by atoms with Crippen molar-refractivity contribution in [1.29, 1.82) is 0 Å². The third kappa shape index (κ3) is 4.48. The van der Waals surface area contributed by atoms with E-state index < -0.39 is 0 Å². The van der Waals surface area contributed by atoms with Crippen LogP contribution in [0.3, 0.4) is 0 Å². The summed E-state index contributed by atoms with van der Waals surface area (Å²) in [4.78, 5) is 15.2. The lowest BCUT2D eigenvalue weighted by Gasteiger charge is -2.49. The molecule has 1 atom stereocenters. The molecule has 1 amide bonds. The Kier molecular flexibility index (Phi) is 6.35. The molecule has 1 aliphatic carbocycles. The van der Waals surface area contributed by atoms with Crippen LogP contribution in [0, 0.1) is 5.92 Å². The Balaban J connectivity index is 1.48. The number of rotatable bonds is 7. The number of hydrogen-bond acceptors (Lipinski definition) is 4. The second-order valence-corrected chi connectivity index (χ2v) is 9.37. The Morgan fingerprint density at radius 1 is 1.03 bits per heavy atom. The van der Waals surface area contributed by atoms with Crippen molar-refractivity contribution in [3.63, 3.8) is 0 Å². The van der Waals surface area contributed by atoms with Gasteiger partial charge in [0.2, 0.25) is 5.91 Å². The topological polar surface area (TPSA) is 50.8 Å². The maximum absolute atomic E-state index is 12.8. The van der Waals surface area contributed by atoms with Gasteiger partial charge in [0, 0.05) is 24.1 Å². The van der Waals surface area contributed by atoms with Gasteiger partial charge in [-0.2, -0.15) is 0 Å². The van der Waals surface area contributed by atoms with Crippen LogP contribution in [-0.2, 0) is 21.5 Å². The van der Waals surface area contributed by atoms with Gasteiger partial charge in [0.25, 0.3) is 0 Å². The molecule has 1 saturated carbocycles. The molecule has 31 heavy (non-hydrogen) atoms. The molecule has 2 fully saturated rings. The molecule has 1 spiro atoms. The first kappa shape index (κ1) is 21.8. The smallest absolute Gasteiger partial charge is 0.223 e. The first-order valence-corrected chi connectivity index (χ1v) is 11.2. The van der Waals surface area contributed by atoms with Crippen molar-refractivity contribution in [3.05, 3.63) is 65.7 Å². The number of nitrogens with zero attached hydrogens (tertiary/aromatic N) is 1. The van der Waals surface area contributed by atoms with Crippen molar-refractivity contribution >= 4 is 5.91 Å². The van der Waals surface area contributed by atoms with E-state index in [4.69, 9.17) is 9.47 Å². The maximum atomic E-state index is 12.8. The van der Waals surface area contributed by atoms with E-state index in [1.54, 1.807) is 7.11 Å². The molecule has 4 rings (SSSR count). The summed E-state index contributed by atoms with van der Waals surface area (Å²) < 4.78 is 10.7. The van der Waals surface area contributed by atoms with E-state index in [9.17, 15) is 4.79 Å². The van der Waals surface area contributed by atoms with Gasteiger partial charge in [-0.05, 0) is 75.9 Å². The number of amides is 1. The molecular weight excluding hydrogens is 388 g/mol. The summed E-state index contributed by atoms with van der Waals surface area (Å²) in [7, 11) is 5.95. The van der Waals surface area contributed by atoms with E-state index in [-0.39, 0.29) is 29.7 Å². The standard InChI is InChI=1S/C26H34N2O3/c1-28(2)26(22-10-7-11-23(17-22)31-19-30-3)14-12-25(13-15-26)18-21(24(29)27-25)16-20-8-5-4-6-9-20/h4-11,17,21H,12-16,18-19H2,1-3H3,(H,27,29)/t21?,25-,26+. The Bertz CT molecular complexity index is 889. The van der Waals surface area contributed by atoms with Crippen LogP contribution in [0.4, 0.5) is 0 Å².